The van der Waals surface area contributed by atoms with Crippen molar-refractivity contribution in [1.29, 1.82) is 0 Å². The highest BCUT2D eigenvalue weighted by molar-refractivity contribution is 5.68. The Balaban J connectivity index is 0.000000268. The number of amides is 2. The van der Waals surface area contributed by atoms with Crippen molar-refractivity contribution in [1.82, 2.24) is 14.7 Å². The topological polar surface area (TPSA) is 53.1 Å². The van der Waals surface area contributed by atoms with Crippen LogP contribution in [-0.4, -0.2) is 79.1 Å². The predicted octanol–water partition coefficient (Wildman–Crippen LogP) is 3.83. The van der Waals surface area contributed by atoms with Crippen molar-refractivity contribution in [3.63, 3.8) is 0 Å². The fraction of sp³-hybridized carbons (Fsp3) is 0.652. The Morgan fingerprint density at radius 1 is 1.03 bits per heavy atom. The molecule has 1 aromatic rings. The lowest BCUT2D eigenvalue weighted by Crippen LogP contribution is -2.48. The van der Waals surface area contributed by atoms with Gasteiger partial charge in [0, 0.05) is 45.2 Å². The standard InChI is InChI=1S/C11H13NO.C10H20N2O2.C2H6/c13-9-12-7-6-11(8-12)10-4-2-1-3-5-10;1-10(2,3)14-9(13)12-7-5-11(4)6-8-12;1-2/h1-5,9,11H,6-8H2;5-8H2,1-4H3;1-2H3. The van der Waals surface area contributed by atoms with Crippen molar-refractivity contribution < 1.29 is 14.3 Å². The molecule has 3 rings (SSSR count). The molecule has 2 aliphatic heterocycles. The van der Waals surface area contributed by atoms with Crippen LogP contribution in [0.5, 0.6) is 0 Å². The Labute approximate surface area is 176 Å². The Morgan fingerprint density at radius 3 is 2.10 bits per heavy atom. The van der Waals surface area contributed by atoms with Gasteiger partial charge in [-0.05, 0) is 39.8 Å². The number of likely N-dealkylation sites (tertiary alicyclic amines) is 1. The van der Waals surface area contributed by atoms with E-state index in [1.807, 2.05) is 45.6 Å². The summed E-state index contributed by atoms with van der Waals surface area (Å²) in [5.74, 6) is 0.548. The third-order valence-corrected chi connectivity index (χ3v) is 4.79. The largest absolute Gasteiger partial charge is 0.444 e. The van der Waals surface area contributed by atoms with Gasteiger partial charge in [-0.3, -0.25) is 4.79 Å². The van der Waals surface area contributed by atoms with Crippen LogP contribution in [0.1, 0.15) is 52.5 Å². The molecule has 0 N–H and O–H groups in total. The van der Waals surface area contributed by atoms with Crippen molar-refractivity contribution in [2.45, 2.75) is 52.6 Å². The van der Waals surface area contributed by atoms with E-state index in [1.165, 1.54) is 5.56 Å². The molecule has 6 heteroatoms. The predicted molar refractivity (Wildman–Crippen MR) is 118 cm³/mol. The Morgan fingerprint density at radius 2 is 1.62 bits per heavy atom. The molecule has 0 radical (unpaired) electrons. The maximum Gasteiger partial charge on any atom is 0.410 e. The fourth-order valence-electron chi connectivity index (χ4n) is 3.20. The number of piperazine rings is 1. The van der Waals surface area contributed by atoms with E-state index in [0.717, 1.165) is 52.1 Å². The van der Waals surface area contributed by atoms with E-state index >= 15 is 0 Å². The number of hydrogen-bond donors (Lipinski definition) is 0. The summed E-state index contributed by atoms with van der Waals surface area (Å²) in [5.41, 5.74) is 0.965. The molecular formula is C23H39N3O3. The van der Waals surface area contributed by atoms with E-state index in [-0.39, 0.29) is 11.7 Å². The Hall–Kier alpha value is -2.08. The van der Waals surface area contributed by atoms with E-state index in [4.69, 9.17) is 4.74 Å². The van der Waals surface area contributed by atoms with Crippen LogP contribution in [0.4, 0.5) is 4.79 Å². The van der Waals surface area contributed by atoms with Gasteiger partial charge in [0.15, 0.2) is 0 Å². The summed E-state index contributed by atoms with van der Waals surface area (Å²) in [6.07, 6.45) is 1.86. The molecule has 0 spiro atoms. The first-order valence-corrected chi connectivity index (χ1v) is 10.7. The molecule has 2 aliphatic rings. The lowest BCUT2D eigenvalue weighted by molar-refractivity contribution is -0.117. The third-order valence-electron chi connectivity index (χ3n) is 4.79. The van der Waals surface area contributed by atoms with Crippen LogP contribution in [-0.2, 0) is 9.53 Å². The van der Waals surface area contributed by atoms with E-state index in [2.05, 4.69) is 36.2 Å². The van der Waals surface area contributed by atoms with Crippen LogP contribution in [0.2, 0.25) is 0 Å². The highest BCUT2D eigenvalue weighted by Gasteiger charge is 2.24. The molecule has 1 aromatic carbocycles. The zero-order valence-electron chi connectivity index (χ0n) is 19.1. The molecular weight excluding hydrogens is 366 g/mol. The molecule has 0 bridgehead atoms. The number of ether oxygens (including phenoxy) is 1. The maximum absolute atomic E-state index is 11.6. The first-order chi connectivity index (χ1) is 13.8. The van der Waals surface area contributed by atoms with Crippen molar-refractivity contribution in [2.24, 2.45) is 0 Å². The molecule has 0 aromatic heterocycles. The van der Waals surface area contributed by atoms with Gasteiger partial charge in [-0.15, -0.1) is 0 Å². The highest BCUT2D eigenvalue weighted by atomic mass is 16.6. The van der Waals surface area contributed by atoms with E-state index in [0.29, 0.717) is 5.92 Å². The number of hydrogen-bond acceptors (Lipinski definition) is 4. The molecule has 1 atom stereocenters. The van der Waals surface area contributed by atoms with Gasteiger partial charge in [0.25, 0.3) is 0 Å². The SMILES string of the molecule is CC.CN1CCN(C(=O)OC(C)(C)C)CC1.O=CN1CCC(c2ccccc2)C1. The molecule has 0 aliphatic carbocycles. The Kier molecular flexibility index (Phi) is 10.7. The van der Waals surface area contributed by atoms with Crippen LogP contribution in [0.15, 0.2) is 30.3 Å². The summed E-state index contributed by atoms with van der Waals surface area (Å²) in [4.78, 5) is 27.9. The normalized spacial score (nSPS) is 19.4. The first-order valence-electron chi connectivity index (χ1n) is 10.7. The van der Waals surface area contributed by atoms with Gasteiger partial charge in [0.05, 0.1) is 0 Å². The minimum Gasteiger partial charge on any atom is -0.444 e. The van der Waals surface area contributed by atoms with Gasteiger partial charge < -0.3 is 19.4 Å². The quantitative estimate of drug-likeness (QED) is 0.702. The van der Waals surface area contributed by atoms with Crippen LogP contribution in [0.25, 0.3) is 0 Å². The van der Waals surface area contributed by atoms with Crippen LogP contribution in [0.3, 0.4) is 0 Å². The lowest BCUT2D eigenvalue weighted by atomic mass is 9.99. The summed E-state index contributed by atoms with van der Waals surface area (Å²) in [7, 11) is 2.06. The number of benzene rings is 1. The number of likely N-dealkylation sites (N-methyl/N-ethyl adjacent to an activating group) is 1. The second-order valence-corrected chi connectivity index (χ2v) is 8.27. The first kappa shape index (κ1) is 25.0. The molecule has 2 fully saturated rings. The summed E-state index contributed by atoms with van der Waals surface area (Å²) in [6.45, 7) is 14.9. The average Bonchev–Trinajstić information content (AvgIpc) is 3.19. The minimum absolute atomic E-state index is 0.189. The molecule has 164 valence electrons. The maximum atomic E-state index is 11.6. The smallest absolute Gasteiger partial charge is 0.410 e. The van der Waals surface area contributed by atoms with Gasteiger partial charge in [0.2, 0.25) is 6.41 Å². The number of nitrogens with zero attached hydrogens (tertiary/aromatic N) is 3. The second kappa shape index (κ2) is 12.5. The van der Waals surface area contributed by atoms with Crippen molar-refractivity contribution in [3.05, 3.63) is 35.9 Å². The van der Waals surface area contributed by atoms with Crippen LogP contribution in [0, 0.1) is 0 Å². The van der Waals surface area contributed by atoms with Gasteiger partial charge in [-0.1, -0.05) is 44.2 Å². The van der Waals surface area contributed by atoms with Gasteiger partial charge >= 0.3 is 6.09 Å². The highest BCUT2D eigenvalue weighted by Crippen LogP contribution is 2.25. The van der Waals surface area contributed by atoms with Crippen LogP contribution < -0.4 is 0 Å². The zero-order chi connectivity index (χ0) is 21.9. The molecule has 2 amide bonds. The molecule has 1 unspecified atom stereocenters. The van der Waals surface area contributed by atoms with Crippen molar-refractivity contribution >= 4 is 12.5 Å². The third kappa shape index (κ3) is 9.31. The van der Waals surface area contributed by atoms with Crippen LogP contribution >= 0.6 is 0 Å². The van der Waals surface area contributed by atoms with Crippen molar-refractivity contribution in [2.75, 3.05) is 46.3 Å². The average molecular weight is 406 g/mol. The number of rotatable bonds is 2. The lowest BCUT2D eigenvalue weighted by Gasteiger charge is -2.33. The summed E-state index contributed by atoms with van der Waals surface area (Å²) in [6, 6.07) is 10.4. The van der Waals surface area contributed by atoms with E-state index in [1.54, 1.807) is 4.90 Å². The molecule has 0 saturated carbocycles. The molecule has 2 heterocycles. The minimum atomic E-state index is -0.388. The Bertz CT molecular complexity index is 593. The molecule has 2 saturated heterocycles. The summed E-state index contributed by atoms with van der Waals surface area (Å²) < 4.78 is 5.28. The fourth-order valence-corrected chi connectivity index (χ4v) is 3.20. The van der Waals surface area contributed by atoms with E-state index < -0.39 is 0 Å². The van der Waals surface area contributed by atoms with Crippen molar-refractivity contribution in [3.8, 4) is 0 Å². The number of carbonyl (C=O) groups excluding carboxylic acids is 2. The van der Waals surface area contributed by atoms with Gasteiger partial charge in [0.1, 0.15) is 5.60 Å². The summed E-state index contributed by atoms with van der Waals surface area (Å²) in [5, 5.41) is 0. The molecule has 6 nitrogen and oxygen atoms in total. The zero-order valence-corrected chi connectivity index (χ0v) is 19.1. The monoisotopic (exact) mass is 405 g/mol. The van der Waals surface area contributed by atoms with Gasteiger partial charge in [-0.2, -0.15) is 0 Å². The number of carbonyl (C=O) groups is 2. The van der Waals surface area contributed by atoms with E-state index in [9.17, 15) is 9.59 Å². The molecule has 29 heavy (non-hydrogen) atoms. The van der Waals surface area contributed by atoms with Gasteiger partial charge in [-0.25, -0.2) is 4.79 Å². The summed E-state index contributed by atoms with van der Waals surface area (Å²) >= 11 is 0. The second-order valence-electron chi connectivity index (χ2n) is 8.27.